The van der Waals surface area contributed by atoms with E-state index in [9.17, 15) is 4.79 Å². The molecule has 9 heteroatoms. The number of rotatable bonds is 6. The number of hydrogen-bond donors (Lipinski definition) is 1. The van der Waals surface area contributed by atoms with E-state index < -0.39 is 0 Å². The van der Waals surface area contributed by atoms with Gasteiger partial charge in [-0.05, 0) is 78.2 Å². The number of aryl methyl sites for hydroxylation is 1. The summed E-state index contributed by atoms with van der Waals surface area (Å²) in [5.74, 6) is 0.735. The van der Waals surface area contributed by atoms with Crippen LogP contribution in [0.5, 0.6) is 0 Å². The van der Waals surface area contributed by atoms with E-state index in [0.29, 0.717) is 12.6 Å². The maximum Gasteiger partial charge on any atom is 0.253 e. The van der Waals surface area contributed by atoms with Gasteiger partial charge in [0, 0.05) is 43.4 Å². The van der Waals surface area contributed by atoms with Crippen LogP contribution in [0.2, 0.25) is 0 Å². The van der Waals surface area contributed by atoms with Gasteiger partial charge in [-0.2, -0.15) is 0 Å². The molecule has 6 rings (SSSR count). The first kappa shape index (κ1) is 21.9. The van der Waals surface area contributed by atoms with Gasteiger partial charge >= 0.3 is 0 Å². The second-order valence-corrected chi connectivity index (χ2v) is 9.91. The van der Waals surface area contributed by atoms with Crippen LogP contribution >= 0.6 is 0 Å². The summed E-state index contributed by atoms with van der Waals surface area (Å²) in [6.45, 7) is 7.56. The summed E-state index contributed by atoms with van der Waals surface area (Å²) < 4.78 is 7.74. The van der Waals surface area contributed by atoms with Gasteiger partial charge in [-0.1, -0.05) is 13.0 Å². The number of piperazine rings is 1. The SMILES string of the molecule is CCc1ccc2[nH]c(=O)c(C(c3nnnn3CC3CCCO3)N3CCN4CCCC4C3)cc2c1. The zero-order chi connectivity index (χ0) is 23.1. The molecule has 9 nitrogen and oxygen atoms in total. The van der Waals surface area contributed by atoms with E-state index in [2.05, 4.69) is 55.4 Å². The molecule has 3 unspecified atom stereocenters. The first-order valence-electron chi connectivity index (χ1n) is 12.7. The Morgan fingerprint density at radius 2 is 2.12 bits per heavy atom. The molecule has 3 aromatic rings. The summed E-state index contributed by atoms with van der Waals surface area (Å²) in [6, 6.07) is 8.56. The van der Waals surface area contributed by atoms with Crippen molar-refractivity contribution in [2.75, 3.05) is 32.8 Å². The molecule has 1 aromatic carbocycles. The number of nitrogens with one attached hydrogen (secondary N) is 1. The number of pyridine rings is 1. The zero-order valence-corrected chi connectivity index (χ0v) is 19.8. The fourth-order valence-electron chi connectivity index (χ4n) is 5.96. The number of benzene rings is 1. The van der Waals surface area contributed by atoms with Crippen LogP contribution in [0.15, 0.2) is 29.1 Å². The van der Waals surface area contributed by atoms with E-state index in [-0.39, 0.29) is 17.7 Å². The van der Waals surface area contributed by atoms with E-state index >= 15 is 0 Å². The molecule has 34 heavy (non-hydrogen) atoms. The molecule has 3 saturated heterocycles. The van der Waals surface area contributed by atoms with Crippen molar-refractivity contribution in [2.45, 2.75) is 63.8 Å². The fraction of sp³-hybridized carbons (Fsp3) is 0.600. The highest BCUT2D eigenvalue weighted by molar-refractivity contribution is 5.80. The van der Waals surface area contributed by atoms with Crippen LogP contribution in [0.4, 0.5) is 0 Å². The van der Waals surface area contributed by atoms with Crippen LogP contribution in [0.25, 0.3) is 10.9 Å². The molecule has 3 atom stereocenters. The van der Waals surface area contributed by atoms with E-state index in [1.54, 1.807) is 0 Å². The molecule has 0 aliphatic carbocycles. The normalized spacial score (nSPS) is 24.6. The monoisotopic (exact) mass is 463 g/mol. The third-order valence-electron chi connectivity index (χ3n) is 7.83. The predicted octanol–water partition coefficient (Wildman–Crippen LogP) is 2.13. The first-order valence-corrected chi connectivity index (χ1v) is 12.7. The average molecular weight is 464 g/mol. The Hall–Kier alpha value is -2.62. The topological polar surface area (TPSA) is 92.2 Å². The second-order valence-electron chi connectivity index (χ2n) is 9.91. The van der Waals surface area contributed by atoms with Gasteiger partial charge in [-0.25, -0.2) is 4.68 Å². The first-order chi connectivity index (χ1) is 16.7. The number of ether oxygens (including phenoxy) is 1. The van der Waals surface area contributed by atoms with Gasteiger partial charge in [0.25, 0.3) is 5.56 Å². The van der Waals surface area contributed by atoms with Crippen LogP contribution < -0.4 is 5.56 Å². The van der Waals surface area contributed by atoms with Crippen molar-refractivity contribution in [3.63, 3.8) is 0 Å². The molecule has 5 heterocycles. The van der Waals surface area contributed by atoms with Crippen LogP contribution in [0, 0.1) is 0 Å². The lowest BCUT2D eigenvalue weighted by molar-refractivity contribution is 0.0728. The lowest BCUT2D eigenvalue weighted by Crippen LogP contribution is -2.52. The quantitative estimate of drug-likeness (QED) is 0.599. The van der Waals surface area contributed by atoms with Crippen LogP contribution in [0.3, 0.4) is 0 Å². The molecule has 0 saturated carbocycles. The minimum absolute atomic E-state index is 0.0673. The van der Waals surface area contributed by atoms with Gasteiger partial charge in [-0.15, -0.1) is 5.10 Å². The Labute approximate surface area is 199 Å². The highest BCUT2D eigenvalue weighted by Gasteiger charge is 2.38. The molecule has 3 aliphatic heterocycles. The molecule has 2 aromatic heterocycles. The highest BCUT2D eigenvalue weighted by Crippen LogP contribution is 2.32. The van der Waals surface area contributed by atoms with Gasteiger partial charge in [-0.3, -0.25) is 14.6 Å². The van der Waals surface area contributed by atoms with E-state index in [0.717, 1.165) is 67.8 Å². The van der Waals surface area contributed by atoms with Crippen molar-refractivity contribution in [2.24, 2.45) is 0 Å². The fourth-order valence-corrected chi connectivity index (χ4v) is 5.96. The zero-order valence-electron chi connectivity index (χ0n) is 19.8. The Balaban J connectivity index is 1.43. The number of tetrazole rings is 1. The van der Waals surface area contributed by atoms with Crippen molar-refractivity contribution in [3.8, 4) is 0 Å². The molecule has 1 N–H and O–H groups in total. The molecule has 0 radical (unpaired) electrons. The standard InChI is InChI=1S/C25H33N7O2/c1-2-17-7-8-22-18(13-17)14-21(25(33)26-22)23(31-11-10-30-9-3-5-19(30)15-31)24-27-28-29-32(24)16-20-6-4-12-34-20/h7-8,13-14,19-20,23H,2-6,9-12,15-16H2,1H3,(H,26,33). The molecular formula is C25H33N7O2. The molecule has 0 spiro atoms. The lowest BCUT2D eigenvalue weighted by atomic mass is 10.00. The highest BCUT2D eigenvalue weighted by atomic mass is 16.5. The molecule has 3 fully saturated rings. The Morgan fingerprint density at radius 1 is 1.18 bits per heavy atom. The minimum Gasteiger partial charge on any atom is -0.376 e. The largest absolute Gasteiger partial charge is 0.376 e. The van der Waals surface area contributed by atoms with Gasteiger partial charge in [0.2, 0.25) is 0 Å². The Kier molecular flexibility index (Phi) is 5.92. The summed E-state index contributed by atoms with van der Waals surface area (Å²) in [4.78, 5) is 21.6. The number of nitrogens with zero attached hydrogens (tertiary/aromatic N) is 6. The maximum atomic E-state index is 13.5. The van der Waals surface area contributed by atoms with Crippen LogP contribution in [0.1, 0.15) is 55.6 Å². The van der Waals surface area contributed by atoms with Gasteiger partial charge in [0.05, 0.1) is 12.6 Å². The predicted molar refractivity (Wildman–Crippen MR) is 129 cm³/mol. The van der Waals surface area contributed by atoms with Crippen molar-refractivity contribution in [1.29, 1.82) is 0 Å². The number of hydrogen-bond acceptors (Lipinski definition) is 7. The van der Waals surface area contributed by atoms with Crippen LogP contribution in [-0.2, 0) is 17.7 Å². The van der Waals surface area contributed by atoms with E-state index in [1.165, 1.54) is 24.9 Å². The number of aromatic nitrogens is 5. The molecule has 3 aliphatic rings. The number of fused-ring (bicyclic) bond motifs is 2. The van der Waals surface area contributed by atoms with Gasteiger partial charge in [0.1, 0.15) is 6.04 Å². The van der Waals surface area contributed by atoms with Crippen molar-refractivity contribution in [3.05, 3.63) is 51.6 Å². The van der Waals surface area contributed by atoms with Crippen molar-refractivity contribution < 1.29 is 4.74 Å². The molecule has 0 bridgehead atoms. The number of H-pyrrole nitrogens is 1. The van der Waals surface area contributed by atoms with Gasteiger partial charge in [0.15, 0.2) is 5.82 Å². The lowest BCUT2D eigenvalue weighted by Gasteiger charge is -2.41. The Morgan fingerprint density at radius 3 is 2.97 bits per heavy atom. The van der Waals surface area contributed by atoms with E-state index in [1.807, 2.05) is 10.7 Å². The minimum atomic E-state index is -0.294. The van der Waals surface area contributed by atoms with Crippen molar-refractivity contribution in [1.82, 2.24) is 35.0 Å². The van der Waals surface area contributed by atoms with E-state index in [4.69, 9.17) is 4.74 Å². The summed E-state index contributed by atoms with van der Waals surface area (Å²) in [7, 11) is 0. The second kappa shape index (κ2) is 9.20. The Bertz CT molecular complexity index is 1220. The summed E-state index contributed by atoms with van der Waals surface area (Å²) in [5.41, 5.74) is 2.77. The maximum absolute atomic E-state index is 13.5. The summed E-state index contributed by atoms with van der Waals surface area (Å²) in [6.07, 6.45) is 5.61. The molecule has 180 valence electrons. The van der Waals surface area contributed by atoms with Crippen molar-refractivity contribution >= 4 is 10.9 Å². The third-order valence-corrected chi connectivity index (χ3v) is 7.83. The number of aromatic amines is 1. The smallest absolute Gasteiger partial charge is 0.253 e. The summed E-state index contributed by atoms with van der Waals surface area (Å²) >= 11 is 0. The molecule has 0 amide bonds. The summed E-state index contributed by atoms with van der Waals surface area (Å²) in [5, 5.41) is 13.9. The van der Waals surface area contributed by atoms with Gasteiger partial charge < -0.3 is 9.72 Å². The van der Waals surface area contributed by atoms with Crippen LogP contribution in [-0.4, -0.2) is 79.9 Å². The average Bonchev–Trinajstić information content (AvgIpc) is 3.62. The molecular weight excluding hydrogens is 430 g/mol. The third kappa shape index (κ3) is 4.06.